The molecule has 0 saturated heterocycles. The zero-order valence-corrected chi connectivity index (χ0v) is 10.4. The number of hydrogen-bond donors (Lipinski definition) is 3. The number of phenols is 1. The van der Waals surface area contributed by atoms with Crippen LogP contribution in [0.4, 0.5) is 5.69 Å². The maximum atomic E-state index is 11.9. The fourth-order valence-electron chi connectivity index (χ4n) is 1.70. The number of nitrogens with one attached hydrogen (secondary N) is 1. The number of benzene rings is 1. The van der Waals surface area contributed by atoms with Gasteiger partial charge in [0.05, 0.1) is 12.1 Å². The fraction of sp³-hybridized carbons (Fsp3) is 0.0714. The fourth-order valence-corrected chi connectivity index (χ4v) is 1.70. The van der Waals surface area contributed by atoms with Crippen molar-refractivity contribution in [3.8, 4) is 5.75 Å². The molecule has 3 N–H and O–H groups in total. The molecule has 0 spiro atoms. The highest BCUT2D eigenvalue weighted by Gasteiger charge is 2.14. The summed E-state index contributed by atoms with van der Waals surface area (Å²) in [6.07, 6.45) is 1.28. The number of aromatic hydroxyl groups is 1. The lowest BCUT2D eigenvalue weighted by molar-refractivity contribution is -0.115. The van der Waals surface area contributed by atoms with Crippen molar-refractivity contribution in [3.63, 3.8) is 0 Å². The van der Waals surface area contributed by atoms with Crippen molar-refractivity contribution in [2.45, 2.75) is 6.42 Å². The molecule has 0 saturated carbocycles. The van der Waals surface area contributed by atoms with E-state index in [2.05, 4.69) is 10.3 Å². The summed E-state index contributed by atoms with van der Waals surface area (Å²) in [5.41, 5.74) is 0.365. The summed E-state index contributed by atoms with van der Waals surface area (Å²) < 4.78 is 0. The predicted molar refractivity (Wildman–Crippen MR) is 71.6 cm³/mol. The number of carbonyl (C=O) groups is 2. The number of carboxylic acids is 1. The average molecular weight is 272 g/mol. The van der Waals surface area contributed by atoms with E-state index in [0.29, 0.717) is 5.56 Å². The average Bonchev–Trinajstić information content (AvgIpc) is 2.41. The molecule has 0 atom stereocenters. The molecule has 2 aromatic rings. The van der Waals surface area contributed by atoms with Crippen molar-refractivity contribution in [1.29, 1.82) is 0 Å². The van der Waals surface area contributed by atoms with Crippen molar-refractivity contribution in [1.82, 2.24) is 4.98 Å². The Labute approximate surface area is 114 Å². The third-order valence-corrected chi connectivity index (χ3v) is 2.63. The van der Waals surface area contributed by atoms with Crippen LogP contribution in [0.15, 0.2) is 42.6 Å². The first-order valence-electron chi connectivity index (χ1n) is 5.83. The number of rotatable bonds is 4. The molecule has 102 valence electrons. The molecule has 0 aliphatic heterocycles. The highest BCUT2D eigenvalue weighted by molar-refractivity contribution is 5.99. The number of aromatic carboxylic acids is 1. The predicted octanol–water partition coefficient (Wildman–Crippen LogP) is 1.67. The Bertz CT molecular complexity index is 655. The van der Waals surface area contributed by atoms with Gasteiger partial charge in [0.25, 0.3) is 0 Å². The number of carboxylic acid groups (broad SMARTS) is 1. The van der Waals surface area contributed by atoms with Crippen LogP contribution in [0.3, 0.4) is 0 Å². The van der Waals surface area contributed by atoms with Crippen LogP contribution < -0.4 is 5.32 Å². The topological polar surface area (TPSA) is 99.5 Å². The smallest absolute Gasteiger partial charge is 0.356 e. The summed E-state index contributed by atoms with van der Waals surface area (Å²) in [6.45, 7) is 0. The van der Waals surface area contributed by atoms with E-state index < -0.39 is 11.9 Å². The second-order valence-electron chi connectivity index (χ2n) is 4.06. The highest BCUT2D eigenvalue weighted by atomic mass is 16.4. The minimum atomic E-state index is -1.22. The molecular weight excluding hydrogens is 260 g/mol. The molecule has 1 amide bonds. The van der Waals surface area contributed by atoms with Crippen molar-refractivity contribution >= 4 is 17.6 Å². The van der Waals surface area contributed by atoms with Crippen molar-refractivity contribution < 1.29 is 19.8 Å². The van der Waals surface area contributed by atoms with Gasteiger partial charge in [0.1, 0.15) is 5.75 Å². The van der Waals surface area contributed by atoms with Gasteiger partial charge < -0.3 is 15.5 Å². The second kappa shape index (κ2) is 5.83. The maximum Gasteiger partial charge on any atom is 0.356 e. The maximum absolute atomic E-state index is 11.9. The number of hydrogen-bond acceptors (Lipinski definition) is 4. The normalized spacial score (nSPS) is 10.0. The van der Waals surface area contributed by atoms with Gasteiger partial charge in [0.2, 0.25) is 5.91 Å². The van der Waals surface area contributed by atoms with Crippen LogP contribution in [-0.2, 0) is 11.2 Å². The Balaban J connectivity index is 2.13. The van der Waals surface area contributed by atoms with Gasteiger partial charge in [-0.15, -0.1) is 0 Å². The van der Waals surface area contributed by atoms with E-state index in [1.807, 2.05) is 0 Å². The summed E-state index contributed by atoms with van der Waals surface area (Å²) in [6, 6.07) is 9.45. The number of aromatic nitrogens is 1. The summed E-state index contributed by atoms with van der Waals surface area (Å²) in [7, 11) is 0. The van der Waals surface area contributed by atoms with Gasteiger partial charge in [-0.25, -0.2) is 9.78 Å². The van der Waals surface area contributed by atoms with Crippen LogP contribution >= 0.6 is 0 Å². The molecule has 0 bridgehead atoms. The molecule has 0 fully saturated rings. The van der Waals surface area contributed by atoms with Crippen molar-refractivity contribution in [2.24, 2.45) is 0 Å². The molecule has 2 rings (SSSR count). The number of carbonyl (C=O) groups excluding carboxylic acids is 1. The van der Waals surface area contributed by atoms with Gasteiger partial charge >= 0.3 is 5.97 Å². The van der Waals surface area contributed by atoms with Gasteiger partial charge in [-0.05, 0) is 18.2 Å². The molecule has 1 aromatic carbocycles. The van der Waals surface area contributed by atoms with E-state index in [1.54, 1.807) is 18.2 Å². The van der Waals surface area contributed by atoms with Crippen LogP contribution in [0.5, 0.6) is 5.75 Å². The summed E-state index contributed by atoms with van der Waals surface area (Å²) >= 11 is 0. The molecule has 1 aromatic heterocycles. The second-order valence-corrected chi connectivity index (χ2v) is 4.06. The SMILES string of the molecule is O=C(Cc1ccccc1O)Nc1cccnc1C(=O)O. The van der Waals surface area contributed by atoms with Crippen LogP contribution in [0.25, 0.3) is 0 Å². The number of amides is 1. The van der Waals surface area contributed by atoms with Crippen LogP contribution in [-0.4, -0.2) is 27.1 Å². The minimum Gasteiger partial charge on any atom is -0.508 e. The van der Waals surface area contributed by atoms with Crippen molar-refractivity contribution in [3.05, 3.63) is 53.9 Å². The third kappa shape index (κ3) is 3.11. The lowest BCUT2D eigenvalue weighted by Gasteiger charge is -2.08. The van der Waals surface area contributed by atoms with E-state index in [4.69, 9.17) is 5.11 Å². The Kier molecular flexibility index (Phi) is 3.95. The Morgan fingerprint density at radius 3 is 2.60 bits per heavy atom. The molecule has 0 radical (unpaired) electrons. The number of nitrogens with zero attached hydrogens (tertiary/aromatic N) is 1. The van der Waals surface area contributed by atoms with Crippen LogP contribution in [0, 0.1) is 0 Å². The summed E-state index contributed by atoms with van der Waals surface area (Å²) in [5.74, 6) is -1.63. The quantitative estimate of drug-likeness (QED) is 0.786. The van der Waals surface area contributed by atoms with Crippen molar-refractivity contribution in [2.75, 3.05) is 5.32 Å². The molecule has 6 nitrogen and oxygen atoms in total. The highest BCUT2D eigenvalue weighted by Crippen LogP contribution is 2.17. The number of para-hydroxylation sites is 1. The third-order valence-electron chi connectivity index (χ3n) is 2.63. The molecule has 0 unspecified atom stereocenters. The lowest BCUT2D eigenvalue weighted by Crippen LogP contribution is -2.17. The van der Waals surface area contributed by atoms with E-state index in [0.717, 1.165) is 0 Å². The number of phenolic OH excluding ortho intramolecular Hbond substituents is 1. The van der Waals surface area contributed by atoms with E-state index in [1.165, 1.54) is 24.4 Å². The minimum absolute atomic E-state index is 0.0206. The molecule has 0 aliphatic rings. The van der Waals surface area contributed by atoms with Gasteiger partial charge in [-0.1, -0.05) is 18.2 Å². The molecule has 1 heterocycles. The molecule has 0 aliphatic carbocycles. The first kappa shape index (κ1) is 13.5. The Hall–Kier alpha value is -2.89. The standard InChI is InChI=1S/C14H12N2O4/c17-11-6-2-1-4-9(11)8-12(18)16-10-5-3-7-15-13(10)14(19)20/h1-7,17H,8H2,(H,16,18)(H,19,20). The number of pyridine rings is 1. The largest absolute Gasteiger partial charge is 0.508 e. The molecule has 20 heavy (non-hydrogen) atoms. The summed E-state index contributed by atoms with van der Waals surface area (Å²) in [4.78, 5) is 26.5. The van der Waals surface area contributed by atoms with E-state index in [-0.39, 0.29) is 23.6 Å². The van der Waals surface area contributed by atoms with Crippen LogP contribution in [0.2, 0.25) is 0 Å². The van der Waals surface area contributed by atoms with E-state index in [9.17, 15) is 14.7 Å². The molecule has 6 heteroatoms. The Morgan fingerprint density at radius 2 is 1.90 bits per heavy atom. The zero-order chi connectivity index (χ0) is 14.5. The first-order chi connectivity index (χ1) is 9.58. The first-order valence-corrected chi connectivity index (χ1v) is 5.83. The van der Waals surface area contributed by atoms with Gasteiger partial charge in [0, 0.05) is 11.8 Å². The summed E-state index contributed by atoms with van der Waals surface area (Å²) in [5, 5.41) is 21.0. The van der Waals surface area contributed by atoms with Gasteiger partial charge in [0.15, 0.2) is 5.69 Å². The lowest BCUT2D eigenvalue weighted by atomic mass is 10.1. The number of anilines is 1. The van der Waals surface area contributed by atoms with Gasteiger partial charge in [-0.3, -0.25) is 4.79 Å². The Morgan fingerprint density at radius 1 is 1.15 bits per heavy atom. The van der Waals surface area contributed by atoms with E-state index >= 15 is 0 Å². The zero-order valence-electron chi connectivity index (χ0n) is 10.4. The monoisotopic (exact) mass is 272 g/mol. The van der Waals surface area contributed by atoms with Crippen LogP contribution in [0.1, 0.15) is 16.1 Å². The van der Waals surface area contributed by atoms with Gasteiger partial charge in [-0.2, -0.15) is 0 Å². The molecular formula is C14H12N2O4.